The van der Waals surface area contributed by atoms with Gasteiger partial charge in [0, 0.05) is 28.1 Å². The van der Waals surface area contributed by atoms with Gasteiger partial charge in [0.1, 0.15) is 11.6 Å². The van der Waals surface area contributed by atoms with Gasteiger partial charge in [-0.25, -0.2) is 4.39 Å². The van der Waals surface area contributed by atoms with Crippen LogP contribution in [0.3, 0.4) is 0 Å². The van der Waals surface area contributed by atoms with Gasteiger partial charge in [-0.15, -0.1) is 10.2 Å². The number of aryl methyl sites for hydroxylation is 2. The number of ether oxygens (including phenoxy) is 2. The Morgan fingerprint density at radius 3 is 2.76 bits per heavy atom. The summed E-state index contributed by atoms with van der Waals surface area (Å²) in [6, 6.07) is 19.0. The van der Waals surface area contributed by atoms with E-state index in [2.05, 4.69) is 41.5 Å². The first kappa shape index (κ1) is 21.9. The molecule has 0 bridgehead atoms. The summed E-state index contributed by atoms with van der Waals surface area (Å²) in [4.78, 5) is 0. The molecule has 2 heterocycles. The average Bonchev–Trinajstić information content (AvgIpc) is 3.27. The minimum atomic E-state index is -0.511. The lowest BCUT2D eigenvalue weighted by Gasteiger charge is -2.28. The van der Waals surface area contributed by atoms with Crippen molar-refractivity contribution >= 4 is 33.9 Å². The zero-order valence-electron chi connectivity index (χ0n) is 18.2. The van der Waals surface area contributed by atoms with Crippen LogP contribution in [0.25, 0.3) is 0 Å². The Morgan fingerprint density at radius 2 is 1.94 bits per heavy atom. The summed E-state index contributed by atoms with van der Waals surface area (Å²) in [6.07, 6.45) is -0.511. The molecule has 8 heteroatoms. The van der Waals surface area contributed by atoms with Crippen molar-refractivity contribution in [3.05, 3.63) is 94.3 Å². The van der Waals surface area contributed by atoms with Crippen molar-refractivity contribution in [3.8, 4) is 5.75 Å². The summed E-state index contributed by atoms with van der Waals surface area (Å²) < 4.78 is 27.0. The SMILES string of the molecule is Cc1ccc(Nc2nnc(SCc3cc(F)cc4c3O[C@H](c3ccccc3)OC4)s2)c(C)c1. The maximum atomic E-state index is 14.3. The van der Waals surface area contributed by atoms with Crippen LogP contribution in [0, 0.1) is 19.7 Å². The van der Waals surface area contributed by atoms with Crippen LogP contribution in [0.1, 0.15) is 34.1 Å². The highest BCUT2D eigenvalue weighted by atomic mass is 32.2. The summed E-state index contributed by atoms with van der Waals surface area (Å²) in [6.45, 7) is 4.43. The number of hydrogen-bond acceptors (Lipinski definition) is 7. The molecule has 3 aromatic carbocycles. The second-order valence-electron chi connectivity index (χ2n) is 7.83. The molecule has 5 rings (SSSR count). The van der Waals surface area contributed by atoms with E-state index >= 15 is 0 Å². The lowest BCUT2D eigenvalue weighted by molar-refractivity contribution is -0.112. The van der Waals surface area contributed by atoms with Crippen LogP contribution in [-0.4, -0.2) is 10.2 Å². The number of hydrogen-bond donors (Lipinski definition) is 1. The fourth-order valence-electron chi connectivity index (χ4n) is 3.69. The summed E-state index contributed by atoms with van der Waals surface area (Å²) >= 11 is 2.98. The maximum absolute atomic E-state index is 14.3. The molecule has 0 fully saturated rings. The Hall–Kier alpha value is -2.94. The summed E-state index contributed by atoms with van der Waals surface area (Å²) in [5.41, 5.74) is 5.79. The van der Waals surface area contributed by atoms with Gasteiger partial charge in [0.15, 0.2) is 4.34 Å². The number of rotatable bonds is 6. The largest absolute Gasteiger partial charge is 0.460 e. The number of thioether (sulfide) groups is 1. The normalized spacial score (nSPS) is 15.1. The summed E-state index contributed by atoms with van der Waals surface area (Å²) in [5.74, 6) is 0.895. The smallest absolute Gasteiger partial charge is 0.227 e. The number of anilines is 2. The monoisotopic (exact) mass is 479 g/mol. The number of halogens is 1. The molecule has 0 amide bonds. The number of benzene rings is 3. The van der Waals surface area contributed by atoms with Crippen LogP contribution in [0.15, 0.2) is 65.0 Å². The molecule has 5 nitrogen and oxygen atoms in total. The molecule has 4 aromatic rings. The van der Waals surface area contributed by atoms with E-state index in [1.165, 1.54) is 40.8 Å². The van der Waals surface area contributed by atoms with E-state index in [-0.39, 0.29) is 5.82 Å². The Bertz CT molecular complexity index is 1280. The zero-order chi connectivity index (χ0) is 22.8. The van der Waals surface area contributed by atoms with E-state index in [4.69, 9.17) is 9.47 Å². The standard InChI is InChI=1S/C25H22FN3O2S2/c1-15-8-9-21(16(2)10-15)27-24-28-29-25(33-24)32-14-19-12-20(26)11-18-13-30-23(31-22(18)19)17-6-4-3-5-7-17/h3-12,23H,13-14H2,1-2H3,(H,27,28)/t23-/m1/s1. The Balaban J connectivity index is 1.30. The molecule has 0 spiro atoms. The lowest BCUT2D eigenvalue weighted by atomic mass is 10.1. The van der Waals surface area contributed by atoms with Gasteiger partial charge < -0.3 is 14.8 Å². The molecule has 0 saturated carbocycles. The predicted molar refractivity (Wildman–Crippen MR) is 130 cm³/mol. The predicted octanol–water partition coefficient (Wildman–Crippen LogP) is 6.94. The summed E-state index contributed by atoms with van der Waals surface area (Å²) in [5, 5.41) is 12.6. The van der Waals surface area contributed by atoms with E-state index in [1.807, 2.05) is 36.4 Å². The molecule has 168 valence electrons. The molecule has 1 aliphatic rings. The van der Waals surface area contributed by atoms with E-state index in [1.54, 1.807) is 0 Å². The first-order valence-corrected chi connectivity index (χ1v) is 12.3. The van der Waals surface area contributed by atoms with Gasteiger partial charge in [-0.1, -0.05) is 71.1 Å². The fraction of sp³-hybridized carbons (Fsp3) is 0.200. The fourth-order valence-corrected chi connectivity index (χ4v) is 5.42. The second kappa shape index (κ2) is 9.51. The molecule has 1 aromatic heterocycles. The molecule has 1 aliphatic heterocycles. The minimum absolute atomic E-state index is 0.299. The van der Waals surface area contributed by atoms with Crippen LogP contribution in [-0.2, 0) is 17.1 Å². The van der Waals surface area contributed by atoms with E-state index in [9.17, 15) is 4.39 Å². The molecule has 0 saturated heterocycles. The van der Waals surface area contributed by atoms with E-state index in [0.29, 0.717) is 23.7 Å². The lowest BCUT2D eigenvalue weighted by Crippen LogP contribution is -2.19. The third-order valence-electron chi connectivity index (χ3n) is 5.28. The van der Waals surface area contributed by atoms with Gasteiger partial charge >= 0.3 is 0 Å². The molecule has 0 radical (unpaired) electrons. The van der Waals surface area contributed by atoms with Crippen molar-refractivity contribution in [1.82, 2.24) is 10.2 Å². The average molecular weight is 480 g/mol. The highest BCUT2D eigenvalue weighted by Gasteiger charge is 2.25. The van der Waals surface area contributed by atoms with Crippen molar-refractivity contribution in [1.29, 1.82) is 0 Å². The minimum Gasteiger partial charge on any atom is -0.460 e. The Kier molecular flexibility index (Phi) is 6.30. The first-order valence-electron chi connectivity index (χ1n) is 10.5. The molecule has 0 unspecified atom stereocenters. The van der Waals surface area contributed by atoms with Crippen molar-refractivity contribution < 1.29 is 13.9 Å². The van der Waals surface area contributed by atoms with E-state index < -0.39 is 6.29 Å². The highest BCUT2D eigenvalue weighted by molar-refractivity contribution is 8.00. The highest BCUT2D eigenvalue weighted by Crippen LogP contribution is 2.39. The molecule has 1 atom stereocenters. The van der Waals surface area contributed by atoms with Gasteiger partial charge in [0.05, 0.1) is 6.61 Å². The quantitative estimate of drug-likeness (QED) is 0.302. The van der Waals surface area contributed by atoms with Crippen LogP contribution in [0.5, 0.6) is 5.75 Å². The third kappa shape index (κ3) is 5.03. The van der Waals surface area contributed by atoms with Crippen LogP contribution >= 0.6 is 23.1 Å². The van der Waals surface area contributed by atoms with Gasteiger partial charge in [-0.2, -0.15) is 0 Å². The molecular formula is C25H22FN3O2S2. The molecule has 33 heavy (non-hydrogen) atoms. The van der Waals surface area contributed by atoms with Gasteiger partial charge in [-0.05, 0) is 37.6 Å². The van der Waals surface area contributed by atoms with Gasteiger partial charge in [0.2, 0.25) is 11.4 Å². The topological polar surface area (TPSA) is 56.3 Å². The first-order chi connectivity index (χ1) is 16.0. The van der Waals surface area contributed by atoms with Crippen molar-refractivity contribution in [2.45, 2.75) is 36.8 Å². The molecule has 0 aliphatic carbocycles. The van der Waals surface area contributed by atoms with Crippen molar-refractivity contribution in [2.24, 2.45) is 0 Å². The Morgan fingerprint density at radius 1 is 1.09 bits per heavy atom. The molecular weight excluding hydrogens is 457 g/mol. The number of nitrogens with zero attached hydrogens (tertiary/aromatic N) is 2. The van der Waals surface area contributed by atoms with Crippen LogP contribution in [0.2, 0.25) is 0 Å². The maximum Gasteiger partial charge on any atom is 0.227 e. The second-order valence-corrected chi connectivity index (χ2v) is 10.0. The number of aromatic nitrogens is 2. The third-order valence-corrected chi connectivity index (χ3v) is 7.30. The van der Waals surface area contributed by atoms with Gasteiger partial charge in [0.25, 0.3) is 0 Å². The molecule has 1 N–H and O–H groups in total. The van der Waals surface area contributed by atoms with Crippen LogP contribution in [0.4, 0.5) is 15.2 Å². The van der Waals surface area contributed by atoms with Crippen molar-refractivity contribution in [2.75, 3.05) is 5.32 Å². The van der Waals surface area contributed by atoms with E-state index in [0.717, 1.165) is 31.8 Å². The number of nitrogens with one attached hydrogen (secondary N) is 1. The van der Waals surface area contributed by atoms with Crippen molar-refractivity contribution in [3.63, 3.8) is 0 Å². The van der Waals surface area contributed by atoms with Crippen LogP contribution < -0.4 is 10.1 Å². The number of fused-ring (bicyclic) bond motifs is 1. The zero-order valence-corrected chi connectivity index (χ0v) is 19.8. The van der Waals surface area contributed by atoms with Gasteiger partial charge in [-0.3, -0.25) is 0 Å². The Labute approximate surface area is 200 Å². The summed E-state index contributed by atoms with van der Waals surface area (Å²) in [7, 11) is 0.